The third-order valence-electron chi connectivity index (χ3n) is 3.72. The number of hydrogen-bond donors (Lipinski definition) is 5. The lowest BCUT2D eigenvalue weighted by atomic mass is 9.95. The average molecular weight is 297 g/mol. The highest BCUT2D eigenvalue weighted by Gasteiger charge is 2.52. The fourth-order valence-corrected chi connectivity index (χ4v) is 2.43. The van der Waals surface area contributed by atoms with Crippen molar-refractivity contribution in [2.75, 3.05) is 12.3 Å². The van der Waals surface area contributed by atoms with Crippen molar-refractivity contribution in [2.24, 2.45) is 0 Å². The number of ether oxygens (including phenoxy) is 1. The number of aliphatic hydroxyl groups excluding tert-OH is 2. The van der Waals surface area contributed by atoms with Crippen molar-refractivity contribution in [3.8, 4) is 0 Å². The smallest absolute Gasteiger partial charge is 0.280 e. The van der Waals surface area contributed by atoms with E-state index in [-0.39, 0.29) is 17.1 Å². The van der Waals surface area contributed by atoms with E-state index in [1.165, 1.54) is 17.8 Å². The molecule has 21 heavy (non-hydrogen) atoms. The van der Waals surface area contributed by atoms with Crippen LogP contribution in [0, 0.1) is 0 Å². The van der Waals surface area contributed by atoms with Crippen LogP contribution in [0.3, 0.4) is 0 Å². The quantitative estimate of drug-likeness (QED) is 0.414. The van der Waals surface area contributed by atoms with Gasteiger partial charge in [-0.1, -0.05) is 0 Å². The maximum atomic E-state index is 11.7. The number of nitrogens with two attached hydrogens (primary N) is 1. The SMILES string of the molecule is C[C@]1(O)C(O)[C@H](n2cnc3c(=O)[nH]c(N)nc32)O[C@@H]1CO. The molecule has 0 bridgehead atoms. The molecule has 1 aliphatic heterocycles. The number of nitrogens with one attached hydrogen (secondary N) is 1. The minimum Gasteiger partial charge on any atom is -0.394 e. The average Bonchev–Trinajstić information content (AvgIpc) is 2.91. The summed E-state index contributed by atoms with van der Waals surface area (Å²) in [4.78, 5) is 21.9. The first-order chi connectivity index (χ1) is 9.86. The van der Waals surface area contributed by atoms with Gasteiger partial charge in [-0.25, -0.2) is 4.98 Å². The topological polar surface area (TPSA) is 160 Å². The van der Waals surface area contributed by atoms with Gasteiger partial charge in [0.05, 0.1) is 12.9 Å². The van der Waals surface area contributed by atoms with E-state index in [4.69, 9.17) is 10.5 Å². The Bertz CT molecular complexity index is 738. The highest BCUT2D eigenvalue weighted by atomic mass is 16.6. The van der Waals surface area contributed by atoms with Crippen molar-refractivity contribution < 1.29 is 20.1 Å². The summed E-state index contributed by atoms with van der Waals surface area (Å²) in [6.07, 6.45) is -2.10. The fraction of sp³-hybridized carbons (Fsp3) is 0.545. The second kappa shape index (κ2) is 4.49. The molecule has 4 atom stereocenters. The van der Waals surface area contributed by atoms with E-state index in [1.54, 1.807) is 0 Å². The number of nitrogen functional groups attached to an aromatic ring is 1. The number of rotatable bonds is 2. The number of aliphatic hydroxyl groups is 3. The normalized spacial score (nSPS) is 32.9. The van der Waals surface area contributed by atoms with Crippen LogP contribution in [0.4, 0.5) is 5.95 Å². The molecule has 10 heteroatoms. The van der Waals surface area contributed by atoms with Crippen molar-refractivity contribution in [1.29, 1.82) is 0 Å². The Morgan fingerprint density at radius 1 is 1.62 bits per heavy atom. The number of H-pyrrole nitrogens is 1. The van der Waals surface area contributed by atoms with Crippen molar-refractivity contribution in [2.45, 2.75) is 31.0 Å². The molecule has 0 aliphatic carbocycles. The molecule has 3 heterocycles. The van der Waals surface area contributed by atoms with E-state index >= 15 is 0 Å². The minimum absolute atomic E-state index is 0.0343. The zero-order chi connectivity index (χ0) is 15.4. The van der Waals surface area contributed by atoms with E-state index in [2.05, 4.69) is 15.0 Å². The summed E-state index contributed by atoms with van der Waals surface area (Å²) in [6.45, 7) is 0.885. The van der Waals surface area contributed by atoms with Gasteiger partial charge < -0.3 is 25.8 Å². The summed E-state index contributed by atoms with van der Waals surface area (Å²) >= 11 is 0. The Morgan fingerprint density at radius 3 is 2.95 bits per heavy atom. The molecule has 1 aliphatic rings. The summed E-state index contributed by atoms with van der Waals surface area (Å²) in [6, 6.07) is 0. The molecule has 10 nitrogen and oxygen atoms in total. The van der Waals surface area contributed by atoms with Gasteiger partial charge in [0.2, 0.25) is 5.95 Å². The van der Waals surface area contributed by atoms with Crippen molar-refractivity contribution in [3.05, 3.63) is 16.7 Å². The number of aromatic amines is 1. The summed E-state index contributed by atoms with van der Waals surface area (Å²) in [5, 5.41) is 29.6. The second-order valence-electron chi connectivity index (χ2n) is 5.14. The summed E-state index contributed by atoms with van der Waals surface area (Å²) in [5.41, 5.74) is 3.48. The lowest BCUT2D eigenvalue weighted by Gasteiger charge is -2.25. The molecule has 1 fully saturated rings. The van der Waals surface area contributed by atoms with Crippen LogP contribution in [0.2, 0.25) is 0 Å². The standard InChI is InChI=1S/C11H15N5O5/c1-11(20)4(2-17)21-9(6(11)18)16-3-13-5-7(16)14-10(12)15-8(5)19/h3-4,6,9,17-18,20H,2H2,1H3,(H3,12,14,15,19)/t4-,6?,9-,11-/m1/s1. The summed E-state index contributed by atoms with van der Waals surface area (Å²) < 4.78 is 6.75. The van der Waals surface area contributed by atoms with Gasteiger partial charge in [0.15, 0.2) is 17.4 Å². The van der Waals surface area contributed by atoms with Crippen LogP contribution in [0.5, 0.6) is 0 Å². The number of aromatic nitrogens is 4. The van der Waals surface area contributed by atoms with E-state index in [1.807, 2.05) is 0 Å². The molecule has 114 valence electrons. The van der Waals surface area contributed by atoms with E-state index in [0.717, 1.165) is 0 Å². The minimum atomic E-state index is -1.65. The Labute approximate surface area is 117 Å². The molecule has 0 radical (unpaired) electrons. The van der Waals surface area contributed by atoms with Crippen molar-refractivity contribution >= 4 is 17.1 Å². The molecule has 0 spiro atoms. The van der Waals surface area contributed by atoms with Crippen LogP contribution in [-0.2, 0) is 4.74 Å². The lowest BCUT2D eigenvalue weighted by Crippen LogP contribution is -2.46. The number of hydrogen-bond acceptors (Lipinski definition) is 8. The Hall–Kier alpha value is -2.01. The first-order valence-electron chi connectivity index (χ1n) is 6.25. The van der Waals surface area contributed by atoms with Crippen molar-refractivity contribution in [3.63, 3.8) is 0 Å². The summed E-state index contributed by atoms with van der Waals surface area (Å²) in [5.74, 6) is -0.104. The molecule has 2 aromatic rings. The van der Waals surface area contributed by atoms with Gasteiger partial charge in [-0.15, -0.1) is 0 Å². The fourth-order valence-electron chi connectivity index (χ4n) is 2.43. The number of fused-ring (bicyclic) bond motifs is 1. The number of anilines is 1. The van der Waals surface area contributed by atoms with Crippen molar-refractivity contribution in [1.82, 2.24) is 19.5 Å². The molecule has 6 N–H and O–H groups in total. The van der Waals surface area contributed by atoms with Gasteiger partial charge in [0.25, 0.3) is 5.56 Å². The second-order valence-corrected chi connectivity index (χ2v) is 5.14. The van der Waals surface area contributed by atoms with E-state index < -0.39 is 36.2 Å². The molecule has 2 aromatic heterocycles. The maximum absolute atomic E-state index is 11.7. The Morgan fingerprint density at radius 2 is 2.33 bits per heavy atom. The van der Waals surface area contributed by atoms with Crippen LogP contribution in [-0.4, -0.2) is 59.3 Å². The Kier molecular flexibility index (Phi) is 2.99. The van der Waals surface area contributed by atoms with Crippen LogP contribution >= 0.6 is 0 Å². The first kappa shape index (κ1) is 13.9. The largest absolute Gasteiger partial charge is 0.394 e. The molecule has 1 unspecified atom stereocenters. The Balaban J connectivity index is 2.12. The van der Waals surface area contributed by atoms with Gasteiger partial charge >= 0.3 is 0 Å². The highest BCUT2D eigenvalue weighted by molar-refractivity contribution is 5.70. The molecule has 0 aromatic carbocycles. The van der Waals surface area contributed by atoms with Gasteiger partial charge in [0.1, 0.15) is 17.8 Å². The van der Waals surface area contributed by atoms with Crippen LogP contribution in [0.15, 0.2) is 11.1 Å². The molecular weight excluding hydrogens is 282 g/mol. The lowest BCUT2D eigenvalue weighted by molar-refractivity contribution is -0.0804. The van der Waals surface area contributed by atoms with Crippen LogP contribution in [0.1, 0.15) is 13.2 Å². The van der Waals surface area contributed by atoms with Gasteiger partial charge in [-0.05, 0) is 6.92 Å². The third kappa shape index (κ3) is 1.92. The number of imidazole rings is 1. The summed E-state index contributed by atoms with van der Waals surface area (Å²) in [7, 11) is 0. The van der Waals surface area contributed by atoms with Crippen LogP contribution in [0.25, 0.3) is 11.2 Å². The van der Waals surface area contributed by atoms with Gasteiger partial charge in [0, 0.05) is 0 Å². The number of nitrogens with zero attached hydrogens (tertiary/aromatic N) is 3. The zero-order valence-electron chi connectivity index (χ0n) is 11.1. The molecule has 0 saturated carbocycles. The molecule has 3 rings (SSSR count). The molecule has 1 saturated heterocycles. The maximum Gasteiger partial charge on any atom is 0.280 e. The molecule has 0 amide bonds. The van der Waals surface area contributed by atoms with E-state index in [0.29, 0.717) is 0 Å². The monoisotopic (exact) mass is 297 g/mol. The van der Waals surface area contributed by atoms with Gasteiger partial charge in [-0.3, -0.25) is 14.3 Å². The predicted molar refractivity (Wildman–Crippen MR) is 70.2 cm³/mol. The van der Waals surface area contributed by atoms with E-state index in [9.17, 15) is 20.1 Å². The highest BCUT2D eigenvalue weighted by Crippen LogP contribution is 2.37. The predicted octanol–water partition coefficient (Wildman–Crippen LogP) is -2.30. The van der Waals surface area contributed by atoms with Crippen LogP contribution < -0.4 is 11.3 Å². The third-order valence-corrected chi connectivity index (χ3v) is 3.72. The zero-order valence-corrected chi connectivity index (χ0v) is 11.1. The van der Waals surface area contributed by atoms with Gasteiger partial charge in [-0.2, -0.15) is 4.98 Å². The first-order valence-corrected chi connectivity index (χ1v) is 6.25. The molecular formula is C11H15N5O5.